The fourth-order valence-electron chi connectivity index (χ4n) is 3.94. The van der Waals surface area contributed by atoms with E-state index < -0.39 is 23.6 Å². The van der Waals surface area contributed by atoms with Crippen molar-refractivity contribution in [3.63, 3.8) is 0 Å². The summed E-state index contributed by atoms with van der Waals surface area (Å²) in [6.45, 7) is 13.3. The van der Waals surface area contributed by atoms with Crippen LogP contribution in [0.3, 0.4) is 0 Å². The standard InChI is InChI=1S/C23H21F4N5O/c1-13(15-5-4-6-18(21(15)24)23(25,26)27)29-22-17-12-20(32-7-9-33-10-8-32)19(28-3)11-16(17)14(2)30-31-22/h4-6,11-13H,7-10H2,1-2H3,(H,29,31)/t13-/m1/s1. The summed E-state index contributed by atoms with van der Waals surface area (Å²) in [5.74, 6) is -1.02. The van der Waals surface area contributed by atoms with E-state index in [4.69, 9.17) is 11.3 Å². The molecule has 0 unspecified atom stereocenters. The van der Waals surface area contributed by atoms with Crippen LogP contribution in [0.4, 0.5) is 34.8 Å². The lowest BCUT2D eigenvalue weighted by atomic mass is 10.0. The highest BCUT2D eigenvalue weighted by Crippen LogP contribution is 2.38. The van der Waals surface area contributed by atoms with E-state index in [0.717, 1.165) is 0 Å². The van der Waals surface area contributed by atoms with E-state index in [2.05, 4.69) is 20.4 Å². The fraction of sp³-hybridized carbons (Fsp3) is 0.348. The van der Waals surface area contributed by atoms with Crippen LogP contribution in [0.5, 0.6) is 0 Å². The number of nitrogens with one attached hydrogen (secondary N) is 1. The third-order valence-corrected chi connectivity index (χ3v) is 5.69. The van der Waals surface area contributed by atoms with Crippen molar-refractivity contribution in [2.45, 2.75) is 26.1 Å². The molecule has 1 N–H and O–H groups in total. The van der Waals surface area contributed by atoms with Crippen molar-refractivity contribution >= 4 is 28.0 Å². The molecule has 172 valence electrons. The van der Waals surface area contributed by atoms with Gasteiger partial charge in [0.2, 0.25) is 5.69 Å². The number of ether oxygens (including phenoxy) is 1. The highest BCUT2D eigenvalue weighted by Gasteiger charge is 2.35. The fourth-order valence-corrected chi connectivity index (χ4v) is 3.94. The van der Waals surface area contributed by atoms with Crippen molar-refractivity contribution in [2.24, 2.45) is 0 Å². The largest absolute Gasteiger partial charge is 0.419 e. The molecule has 0 spiro atoms. The van der Waals surface area contributed by atoms with Crippen LogP contribution < -0.4 is 10.2 Å². The molecule has 3 aromatic rings. The topological polar surface area (TPSA) is 54.6 Å². The molecule has 6 nitrogen and oxygen atoms in total. The minimum atomic E-state index is -4.79. The maximum absolute atomic E-state index is 14.7. The van der Waals surface area contributed by atoms with Crippen LogP contribution >= 0.6 is 0 Å². The van der Waals surface area contributed by atoms with Crippen LogP contribution in [0.25, 0.3) is 15.6 Å². The summed E-state index contributed by atoms with van der Waals surface area (Å²) in [5.41, 5.74) is 0.334. The van der Waals surface area contributed by atoms with Gasteiger partial charge < -0.3 is 15.0 Å². The summed E-state index contributed by atoms with van der Waals surface area (Å²) >= 11 is 0. The van der Waals surface area contributed by atoms with Crippen LogP contribution in [0.2, 0.25) is 0 Å². The summed E-state index contributed by atoms with van der Waals surface area (Å²) in [5, 5.41) is 12.7. The van der Waals surface area contributed by atoms with Gasteiger partial charge in [-0.2, -0.15) is 18.3 Å². The van der Waals surface area contributed by atoms with Crippen LogP contribution in [0, 0.1) is 19.3 Å². The molecule has 0 aliphatic carbocycles. The zero-order chi connectivity index (χ0) is 23.8. The normalized spacial score (nSPS) is 15.4. The average Bonchev–Trinajstić information content (AvgIpc) is 2.80. The average molecular weight is 459 g/mol. The number of rotatable bonds is 4. The van der Waals surface area contributed by atoms with E-state index in [1.54, 1.807) is 19.9 Å². The summed E-state index contributed by atoms with van der Waals surface area (Å²) in [6, 6.07) is 5.94. The Balaban J connectivity index is 1.77. The maximum atomic E-state index is 14.7. The second-order valence-corrected chi connectivity index (χ2v) is 7.80. The number of anilines is 2. The number of hydrogen-bond acceptors (Lipinski definition) is 5. The molecule has 0 radical (unpaired) electrons. The molecule has 1 atom stereocenters. The summed E-state index contributed by atoms with van der Waals surface area (Å²) < 4.78 is 59.5. The van der Waals surface area contributed by atoms with Crippen molar-refractivity contribution < 1.29 is 22.3 Å². The zero-order valence-corrected chi connectivity index (χ0v) is 18.0. The molecule has 10 heteroatoms. The van der Waals surface area contributed by atoms with E-state index in [9.17, 15) is 17.6 Å². The van der Waals surface area contributed by atoms with Crippen LogP contribution in [-0.2, 0) is 10.9 Å². The number of aromatic nitrogens is 2. The summed E-state index contributed by atoms with van der Waals surface area (Å²) in [7, 11) is 0. The second-order valence-electron chi connectivity index (χ2n) is 7.80. The van der Waals surface area contributed by atoms with Crippen molar-refractivity contribution in [3.8, 4) is 0 Å². The lowest BCUT2D eigenvalue weighted by Gasteiger charge is -2.30. The van der Waals surface area contributed by atoms with Gasteiger partial charge in [-0.25, -0.2) is 9.24 Å². The van der Waals surface area contributed by atoms with E-state index in [0.29, 0.717) is 66.0 Å². The predicted molar refractivity (Wildman–Crippen MR) is 117 cm³/mol. The van der Waals surface area contributed by atoms with Gasteiger partial charge in [0, 0.05) is 29.7 Å². The molecule has 4 rings (SSSR count). The van der Waals surface area contributed by atoms with E-state index in [1.807, 2.05) is 11.0 Å². The first-order valence-corrected chi connectivity index (χ1v) is 10.3. The minimum absolute atomic E-state index is 0.133. The number of alkyl halides is 3. The second kappa shape index (κ2) is 8.83. The molecule has 1 fully saturated rings. The van der Waals surface area contributed by atoms with Gasteiger partial charge in [-0.05, 0) is 37.4 Å². The molecule has 0 bridgehead atoms. The molecule has 0 saturated carbocycles. The molecule has 2 aromatic carbocycles. The maximum Gasteiger partial charge on any atom is 0.419 e. The van der Waals surface area contributed by atoms with Gasteiger partial charge in [-0.15, -0.1) is 5.10 Å². The van der Waals surface area contributed by atoms with Crippen LogP contribution in [0.1, 0.15) is 29.8 Å². The van der Waals surface area contributed by atoms with Crippen molar-refractivity contribution in [1.82, 2.24) is 10.2 Å². The Morgan fingerprint density at radius 1 is 1.15 bits per heavy atom. The van der Waals surface area contributed by atoms with Gasteiger partial charge in [-0.3, -0.25) is 0 Å². The molecule has 1 saturated heterocycles. The Hall–Kier alpha value is -3.45. The highest BCUT2D eigenvalue weighted by molar-refractivity contribution is 5.99. The molecule has 1 aliphatic rings. The summed E-state index contributed by atoms with van der Waals surface area (Å²) in [4.78, 5) is 5.71. The molecule has 0 amide bonds. The number of morpholine rings is 1. The van der Waals surface area contributed by atoms with Gasteiger partial charge in [0.15, 0.2) is 5.82 Å². The first kappa shape index (κ1) is 22.7. The SMILES string of the molecule is [C-]#[N+]c1cc2c(C)nnc(N[C@H](C)c3cccc(C(F)(F)F)c3F)c2cc1N1CCOCC1. The number of nitrogens with zero attached hydrogens (tertiary/aromatic N) is 4. The molecule has 2 heterocycles. The third-order valence-electron chi connectivity index (χ3n) is 5.69. The number of benzene rings is 2. The third kappa shape index (κ3) is 4.41. The molecule has 1 aliphatic heterocycles. The van der Waals surface area contributed by atoms with E-state index in [1.165, 1.54) is 12.1 Å². The Morgan fingerprint density at radius 2 is 1.88 bits per heavy atom. The molecule has 33 heavy (non-hydrogen) atoms. The number of aryl methyl sites for hydroxylation is 1. The van der Waals surface area contributed by atoms with Gasteiger partial charge in [-0.1, -0.05) is 12.1 Å². The first-order valence-electron chi connectivity index (χ1n) is 10.3. The Kier molecular flexibility index (Phi) is 6.08. The lowest BCUT2D eigenvalue weighted by Crippen LogP contribution is -2.36. The van der Waals surface area contributed by atoms with Gasteiger partial charge in [0.1, 0.15) is 5.82 Å². The smallest absolute Gasteiger partial charge is 0.378 e. The van der Waals surface area contributed by atoms with Crippen molar-refractivity contribution in [3.05, 3.63) is 64.4 Å². The number of halogens is 4. The van der Waals surface area contributed by atoms with Crippen molar-refractivity contribution in [2.75, 3.05) is 36.5 Å². The summed E-state index contributed by atoms with van der Waals surface area (Å²) in [6.07, 6.45) is -4.79. The Labute approximate surface area is 188 Å². The van der Waals surface area contributed by atoms with Gasteiger partial charge in [0.05, 0.1) is 37.1 Å². The Morgan fingerprint density at radius 3 is 2.55 bits per heavy atom. The first-order chi connectivity index (χ1) is 15.7. The van der Waals surface area contributed by atoms with Crippen molar-refractivity contribution in [1.29, 1.82) is 0 Å². The van der Waals surface area contributed by atoms with Gasteiger partial charge in [0.25, 0.3) is 0 Å². The number of fused-ring (bicyclic) bond motifs is 1. The quantitative estimate of drug-likeness (QED) is 0.403. The van der Waals surface area contributed by atoms with Gasteiger partial charge >= 0.3 is 6.18 Å². The van der Waals surface area contributed by atoms with Crippen LogP contribution in [0.15, 0.2) is 30.3 Å². The molecular weight excluding hydrogens is 438 g/mol. The molecular formula is C23H21F4N5O. The highest BCUT2D eigenvalue weighted by atomic mass is 19.4. The number of hydrogen-bond donors (Lipinski definition) is 1. The zero-order valence-electron chi connectivity index (χ0n) is 18.0. The molecule has 1 aromatic heterocycles. The Bertz CT molecular complexity index is 1230. The minimum Gasteiger partial charge on any atom is -0.378 e. The van der Waals surface area contributed by atoms with Crippen LogP contribution in [-0.4, -0.2) is 36.5 Å². The van der Waals surface area contributed by atoms with E-state index in [-0.39, 0.29) is 5.56 Å². The van der Waals surface area contributed by atoms with E-state index >= 15 is 0 Å². The lowest BCUT2D eigenvalue weighted by molar-refractivity contribution is -0.140. The monoisotopic (exact) mass is 459 g/mol. The predicted octanol–water partition coefficient (Wildman–Crippen LogP) is 5.66.